The quantitative estimate of drug-likeness (QED) is 0.754. The second-order valence-electron chi connectivity index (χ2n) is 4.52. The average molecular weight is 397 g/mol. The Kier molecular flexibility index (Phi) is 5.80. The molecular formula is C16H15Br2NO. The van der Waals surface area contributed by atoms with Gasteiger partial charge in [-0.3, -0.25) is 4.79 Å². The highest BCUT2D eigenvalue weighted by molar-refractivity contribution is 9.10. The van der Waals surface area contributed by atoms with Gasteiger partial charge in [-0.15, -0.1) is 0 Å². The van der Waals surface area contributed by atoms with Crippen LogP contribution in [-0.2, 0) is 6.42 Å². The van der Waals surface area contributed by atoms with E-state index in [1.54, 1.807) is 0 Å². The molecule has 2 nitrogen and oxygen atoms in total. The van der Waals surface area contributed by atoms with E-state index in [0.717, 1.165) is 16.2 Å². The van der Waals surface area contributed by atoms with Gasteiger partial charge in [0.2, 0.25) is 0 Å². The van der Waals surface area contributed by atoms with Crippen LogP contribution in [0.2, 0.25) is 0 Å². The number of benzene rings is 2. The van der Waals surface area contributed by atoms with Crippen molar-refractivity contribution >= 4 is 37.8 Å². The highest BCUT2D eigenvalue weighted by atomic mass is 79.9. The largest absolute Gasteiger partial charge is 0.348 e. The molecular weight excluding hydrogens is 382 g/mol. The van der Waals surface area contributed by atoms with E-state index in [0.29, 0.717) is 5.56 Å². The van der Waals surface area contributed by atoms with Gasteiger partial charge in [0.1, 0.15) is 0 Å². The smallest absolute Gasteiger partial charge is 0.251 e. The van der Waals surface area contributed by atoms with Crippen molar-refractivity contribution in [3.8, 4) is 0 Å². The van der Waals surface area contributed by atoms with E-state index >= 15 is 0 Å². The normalized spacial score (nSPS) is 11.9. The predicted molar refractivity (Wildman–Crippen MR) is 89.3 cm³/mol. The maximum atomic E-state index is 12.2. The average Bonchev–Trinajstić information content (AvgIpc) is 2.48. The van der Waals surface area contributed by atoms with Crippen LogP contribution in [0.4, 0.5) is 0 Å². The number of halogens is 2. The molecule has 0 saturated heterocycles. The lowest BCUT2D eigenvalue weighted by molar-refractivity contribution is 0.0941. The van der Waals surface area contributed by atoms with Gasteiger partial charge in [-0.05, 0) is 36.2 Å². The molecule has 104 valence electrons. The molecule has 2 rings (SSSR count). The molecule has 0 spiro atoms. The van der Waals surface area contributed by atoms with Gasteiger partial charge in [0, 0.05) is 21.4 Å². The van der Waals surface area contributed by atoms with Crippen LogP contribution >= 0.6 is 31.9 Å². The minimum absolute atomic E-state index is 0.0436. The third kappa shape index (κ3) is 4.46. The summed E-state index contributed by atoms with van der Waals surface area (Å²) in [5.74, 6) is -0.0436. The van der Waals surface area contributed by atoms with E-state index < -0.39 is 0 Å². The SMILES string of the molecule is O=C(NC(CBr)Cc1ccccc1)c1ccc(Br)cc1. The van der Waals surface area contributed by atoms with E-state index in [2.05, 4.69) is 49.3 Å². The summed E-state index contributed by atoms with van der Waals surface area (Å²) in [6.45, 7) is 0. The van der Waals surface area contributed by atoms with Crippen LogP contribution in [0.5, 0.6) is 0 Å². The van der Waals surface area contributed by atoms with Crippen molar-refractivity contribution < 1.29 is 4.79 Å². The van der Waals surface area contributed by atoms with Gasteiger partial charge in [-0.1, -0.05) is 62.2 Å². The zero-order chi connectivity index (χ0) is 14.4. The Morgan fingerprint density at radius 2 is 1.70 bits per heavy atom. The highest BCUT2D eigenvalue weighted by Crippen LogP contribution is 2.11. The molecule has 1 atom stereocenters. The fourth-order valence-corrected chi connectivity index (χ4v) is 2.57. The van der Waals surface area contributed by atoms with Gasteiger partial charge in [0.15, 0.2) is 0 Å². The van der Waals surface area contributed by atoms with Gasteiger partial charge < -0.3 is 5.32 Å². The van der Waals surface area contributed by atoms with Crippen molar-refractivity contribution in [3.63, 3.8) is 0 Å². The van der Waals surface area contributed by atoms with E-state index in [-0.39, 0.29) is 11.9 Å². The molecule has 1 N–H and O–H groups in total. The molecule has 1 unspecified atom stereocenters. The first-order valence-electron chi connectivity index (χ1n) is 6.35. The lowest BCUT2D eigenvalue weighted by atomic mass is 10.1. The van der Waals surface area contributed by atoms with Crippen LogP contribution < -0.4 is 5.32 Å². The van der Waals surface area contributed by atoms with Gasteiger partial charge in [0.05, 0.1) is 0 Å². The molecule has 0 saturated carbocycles. The summed E-state index contributed by atoms with van der Waals surface area (Å²) < 4.78 is 0.968. The summed E-state index contributed by atoms with van der Waals surface area (Å²) in [6.07, 6.45) is 0.814. The number of alkyl halides is 1. The molecule has 20 heavy (non-hydrogen) atoms. The van der Waals surface area contributed by atoms with Crippen LogP contribution in [0.1, 0.15) is 15.9 Å². The van der Waals surface area contributed by atoms with Crippen LogP contribution in [0.3, 0.4) is 0 Å². The fourth-order valence-electron chi connectivity index (χ4n) is 1.91. The highest BCUT2D eigenvalue weighted by Gasteiger charge is 2.13. The minimum atomic E-state index is -0.0436. The zero-order valence-corrected chi connectivity index (χ0v) is 14.0. The van der Waals surface area contributed by atoms with Gasteiger partial charge in [-0.2, -0.15) is 0 Å². The lowest BCUT2D eigenvalue weighted by Crippen LogP contribution is -2.37. The molecule has 0 bridgehead atoms. The Hall–Kier alpha value is -1.13. The van der Waals surface area contributed by atoms with Crippen LogP contribution in [0.15, 0.2) is 59.1 Å². The molecule has 2 aromatic carbocycles. The number of amides is 1. The van der Waals surface area contributed by atoms with Crippen molar-refractivity contribution in [2.75, 3.05) is 5.33 Å². The topological polar surface area (TPSA) is 29.1 Å². The molecule has 4 heteroatoms. The lowest BCUT2D eigenvalue weighted by Gasteiger charge is -2.16. The monoisotopic (exact) mass is 395 g/mol. The molecule has 0 aliphatic rings. The van der Waals surface area contributed by atoms with Crippen LogP contribution in [0, 0.1) is 0 Å². The van der Waals surface area contributed by atoms with Crippen LogP contribution in [-0.4, -0.2) is 17.3 Å². The Labute approximate surface area is 135 Å². The van der Waals surface area contributed by atoms with E-state index in [1.807, 2.05) is 42.5 Å². The van der Waals surface area contributed by atoms with Crippen molar-refractivity contribution in [1.29, 1.82) is 0 Å². The van der Waals surface area contributed by atoms with Gasteiger partial charge >= 0.3 is 0 Å². The van der Waals surface area contributed by atoms with Gasteiger partial charge in [0.25, 0.3) is 5.91 Å². The predicted octanol–water partition coefficient (Wildman–Crippen LogP) is 4.19. The molecule has 2 aromatic rings. The molecule has 0 heterocycles. The van der Waals surface area contributed by atoms with E-state index in [4.69, 9.17) is 0 Å². The molecule has 0 aliphatic carbocycles. The van der Waals surface area contributed by atoms with Crippen molar-refractivity contribution in [2.45, 2.75) is 12.5 Å². The first-order valence-corrected chi connectivity index (χ1v) is 8.27. The molecule has 1 amide bonds. The number of hydrogen-bond donors (Lipinski definition) is 1. The second-order valence-corrected chi connectivity index (χ2v) is 6.08. The summed E-state index contributed by atoms with van der Waals surface area (Å²) in [6, 6.07) is 17.6. The summed E-state index contributed by atoms with van der Waals surface area (Å²) in [5, 5.41) is 3.78. The number of rotatable bonds is 5. The number of hydrogen-bond acceptors (Lipinski definition) is 1. The number of carbonyl (C=O) groups is 1. The Bertz CT molecular complexity index is 554. The molecule has 0 radical (unpaired) electrons. The molecule has 0 aliphatic heterocycles. The zero-order valence-electron chi connectivity index (χ0n) is 10.9. The minimum Gasteiger partial charge on any atom is -0.348 e. The Balaban J connectivity index is 1.99. The summed E-state index contributed by atoms with van der Waals surface area (Å²) in [5.41, 5.74) is 1.89. The van der Waals surface area contributed by atoms with Crippen LogP contribution in [0.25, 0.3) is 0 Å². The van der Waals surface area contributed by atoms with E-state index in [9.17, 15) is 4.79 Å². The standard InChI is InChI=1S/C16H15Br2NO/c17-11-15(10-12-4-2-1-3-5-12)19-16(20)13-6-8-14(18)9-7-13/h1-9,15H,10-11H2,(H,19,20). The van der Waals surface area contributed by atoms with Crippen molar-refractivity contribution in [2.24, 2.45) is 0 Å². The maximum Gasteiger partial charge on any atom is 0.251 e. The maximum absolute atomic E-state index is 12.2. The fraction of sp³-hybridized carbons (Fsp3) is 0.188. The molecule has 0 aromatic heterocycles. The van der Waals surface area contributed by atoms with Crippen molar-refractivity contribution in [3.05, 3.63) is 70.2 Å². The third-order valence-corrected chi connectivity index (χ3v) is 4.26. The van der Waals surface area contributed by atoms with Crippen molar-refractivity contribution in [1.82, 2.24) is 5.32 Å². The molecule has 0 fully saturated rings. The second kappa shape index (κ2) is 7.60. The Morgan fingerprint density at radius 1 is 1.05 bits per heavy atom. The van der Waals surface area contributed by atoms with E-state index in [1.165, 1.54) is 5.56 Å². The first-order chi connectivity index (χ1) is 9.69. The summed E-state index contributed by atoms with van der Waals surface area (Å²) in [7, 11) is 0. The number of carbonyl (C=O) groups excluding carboxylic acids is 1. The van der Waals surface area contributed by atoms with Gasteiger partial charge in [-0.25, -0.2) is 0 Å². The first kappa shape index (κ1) is 15.3. The summed E-state index contributed by atoms with van der Waals surface area (Å²) >= 11 is 6.83. The summed E-state index contributed by atoms with van der Waals surface area (Å²) in [4.78, 5) is 12.2. The number of nitrogens with one attached hydrogen (secondary N) is 1. The Morgan fingerprint density at radius 3 is 2.30 bits per heavy atom. The third-order valence-electron chi connectivity index (χ3n) is 2.95.